The number of aliphatic hydroxyl groups is 1. The summed E-state index contributed by atoms with van der Waals surface area (Å²) in [6, 6.07) is 0. The van der Waals surface area contributed by atoms with Gasteiger partial charge in [0.2, 0.25) is 0 Å². The summed E-state index contributed by atoms with van der Waals surface area (Å²) in [5, 5.41) is 9.44. The molecule has 0 heterocycles. The molecule has 17 heavy (non-hydrogen) atoms. The van der Waals surface area contributed by atoms with E-state index in [2.05, 4.69) is 6.92 Å². The fourth-order valence-corrected chi connectivity index (χ4v) is 1.93. The van der Waals surface area contributed by atoms with Gasteiger partial charge in [-0.2, -0.15) is 0 Å². The van der Waals surface area contributed by atoms with Crippen LogP contribution in [0.15, 0.2) is 36.1 Å². The first-order valence-corrected chi connectivity index (χ1v) is 6.11. The molecule has 1 rings (SSSR count). The van der Waals surface area contributed by atoms with Gasteiger partial charge in [0, 0.05) is 12.0 Å². The molecule has 1 aliphatic carbocycles. The van der Waals surface area contributed by atoms with E-state index in [4.69, 9.17) is 4.74 Å². The lowest BCUT2D eigenvalue weighted by Gasteiger charge is -2.21. The van der Waals surface area contributed by atoms with Gasteiger partial charge in [0.05, 0.1) is 6.61 Å². The second-order valence-corrected chi connectivity index (χ2v) is 4.09. The monoisotopic (exact) mass is 236 g/mol. The van der Waals surface area contributed by atoms with Gasteiger partial charge in [0.15, 0.2) is 0 Å². The van der Waals surface area contributed by atoms with Crippen LogP contribution in [-0.4, -0.2) is 17.7 Å². The molecule has 0 aliphatic heterocycles. The minimum absolute atomic E-state index is 0.162. The van der Waals surface area contributed by atoms with Crippen molar-refractivity contribution in [1.82, 2.24) is 0 Å². The lowest BCUT2D eigenvalue weighted by atomic mass is 9.84. The molecule has 0 aromatic rings. The third kappa shape index (κ3) is 4.47. The predicted molar refractivity (Wildman–Crippen MR) is 67.5 cm³/mol. The summed E-state index contributed by atoms with van der Waals surface area (Å²) in [5.74, 6) is 0.421. The Morgan fingerprint density at radius 2 is 2.29 bits per heavy atom. The highest BCUT2D eigenvalue weighted by atomic mass is 16.5. The molecular weight excluding hydrogens is 216 g/mol. The van der Waals surface area contributed by atoms with Crippen molar-refractivity contribution in [3.05, 3.63) is 36.1 Å². The van der Waals surface area contributed by atoms with Crippen molar-refractivity contribution >= 4 is 5.97 Å². The van der Waals surface area contributed by atoms with Gasteiger partial charge in [0.1, 0.15) is 5.76 Å². The molecule has 0 radical (unpaired) electrons. The molecule has 0 amide bonds. The van der Waals surface area contributed by atoms with Gasteiger partial charge >= 0.3 is 5.97 Å². The summed E-state index contributed by atoms with van der Waals surface area (Å²) in [7, 11) is 0. The molecule has 0 spiro atoms. The molecule has 2 unspecified atom stereocenters. The summed E-state index contributed by atoms with van der Waals surface area (Å²) in [5.41, 5.74) is 0. The Balaban J connectivity index is 2.63. The van der Waals surface area contributed by atoms with Crippen molar-refractivity contribution in [1.29, 1.82) is 0 Å². The smallest absolute Gasteiger partial charge is 0.330 e. The van der Waals surface area contributed by atoms with Crippen LogP contribution >= 0.6 is 0 Å². The third-order valence-electron chi connectivity index (χ3n) is 2.73. The fourth-order valence-electron chi connectivity index (χ4n) is 1.93. The number of carbonyl (C=O) groups is 1. The fraction of sp³-hybridized carbons (Fsp3) is 0.500. The first kappa shape index (κ1) is 13.6. The molecule has 0 saturated carbocycles. The Bertz CT molecular complexity index is 339. The number of allylic oxidation sites excluding steroid dienone is 4. The van der Waals surface area contributed by atoms with Gasteiger partial charge < -0.3 is 9.84 Å². The standard InChI is InChI=1S/C14H20O3/c1-3-5-12-10-13(15)8-6-11(12)7-9-14(16)17-4-2/h6-12,15H,3-5H2,1-2H3. The van der Waals surface area contributed by atoms with E-state index >= 15 is 0 Å². The van der Waals surface area contributed by atoms with Crippen LogP contribution in [0, 0.1) is 11.8 Å². The summed E-state index contributed by atoms with van der Waals surface area (Å²) < 4.78 is 4.83. The van der Waals surface area contributed by atoms with Gasteiger partial charge in [-0.1, -0.05) is 25.5 Å². The number of hydrogen-bond acceptors (Lipinski definition) is 3. The Morgan fingerprint density at radius 1 is 1.53 bits per heavy atom. The van der Waals surface area contributed by atoms with Crippen molar-refractivity contribution in [3.63, 3.8) is 0 Å². The number of carbonyl (C=O) groups excluding carboxylic acids is 1. The van der Waals surface area contributed by atoms with Crippen molar-refractivity contribution in [2.24, 2.45) is 11.8 Å². The topological polar surface area (TPSA) is 46.5 Å². The molecule has 0 saturated heterocycles. The van der Waals surface area contributed by atoms with E-state index in [1.807, 2.05) is 18.2 Å². The highest BCUT2D eigenvalue weighted by molar-refractivity contribution is 5.81. The summed E-state index contributed by atoms with van der Waals surface area (Å²) in [4.78, 5) is 11.2. The van der Waals surface area contributed by atoms with Gasteiger partial charge in [-0.3, -0.25) is 0 Å². The molecule has 3 heteroatoms. The molecule has 1 aliphatic rings. The maximum absolute atomic E-state index is 11.2. The third-order valence-corrected chi connectivity index (χ3v) is 2.73. The van der Waals surface area contributed by atoms with Gasteiger partial charge in [0.25, 0.3) is 0 Å². The van der Waals surface area contributed by atoms with Crippen molar-refractivity contribution < 1.29 is 14.6 Å². The molecule has 0 aromatic carbocycles. The summed E-state index contributed by atoms with van der Waals surface area (Å²) >= 11 is 0. The predicted octanol–water partition coefficient (Wildman–Crippen LogP) is 3.15. The Labute approximate surface area is 102 Å². The van der Waals surface area contributed by atoms with Gasteiger partial charge in [-0.05, 0) is 31.4 Å². The van der Waals surface area contributed by atoms with E-state index < -0.39 is 0 Å². The van der Waals surface area contributed by atoms with E-state index in [9.17, 15) is 9.90 Å². The number of aliphatic hydroxyl groups excluding tert-OH is 1. The van der Waals surface area contributed by atoms with Crippen LogP contribution in [0.1, 0.15) is 26.7 Å². The van der Waals surface area contributed by atoms with Crippen LogP contribution in [0.4, 0.5) is 0 Å². The molecule has 94 valence electrons. The van der Waals surface area contributed by atoms with Crippen LogP contribution in [0.25, 0.3) is 0 Å². The Morgan fingerprint density at radius 3 is 2.94 bits per heavy atom. The molecular formula is C14H20O3. The normalized spacial score (nSPS) is 23.8. The largest absolute Gasteiger partial charge is 0.508 e. The zero-order valence-electron chi connectivity index (χ0n) is 10.4. The quantitative estimate of drug-likeness (QED) is 0.589. The number of rotatable bonds is 5. The van der Waals surface area contributed by atoms with Gasteiger partial charge in [-0.25, -0.2) is 4.79 Å². The van der Waals surface area contributed by atoms with Crippen molar-refractivity contribution in [2.75, 3.05) is 6.61 Å². The lowest BCUT2D eigenvalue weighted by molar-refractivity contribution is -0.137. The lowest BCUT2D eigenvalue weighted by Crippen LogP contribution is -2.12. The zero-order valence-corrected chi connectivity index (χ0v) is 10.4. The first-order chi connectivity index (χ1) is 8.17. The zero-order chi connectivity index (χ0) is 12.7. The summed E-state index contributed by atoms with van der Waals surface area (Å²) in [6.07, 6.45) is 10.8. The Hall–Kier alpha value is -1.51. The Kier molecular flexibility index (Phi) is 5.53. The average Bonchev–Trinajstić information content (AvgIpc) is 2.29. The van der Waals surface area contributed by atoms with E-state index in [-0.39, 0.29) is 17.8 Å². The maximum Gasteiger partial charge on any atom is 0.330 e. The SMILES string of the molecule is CCCC1C=C(O)C=CC1C=CC(=O)OCC. The summed E-state index contributed by atoms with van der Waals surface area (Å²) in [6.45, 7) is 4.28. The molecule has 0 aromatic heterocycles. The molecule has 1 N–H and O–H groups in total. The molecule has 3 nitrogen and oxygen atoms in total. The van der Waals surface area contributed by atoms with Crippen LogP contribution in [0.2, 0.25) is 0 Å². The van der Waals surface area contributed by atoms with Gasteiger partial charge in [-0.15, -0.1) is 0 Å². The van der Waals surface area contributed by atoms with Crippen LogP contribution in [0.5, 0.6) is 0 Å². The second-order valence-electron chi connectivity index (χ2n) is 4.09. The first-order valence-electron chi connectivity index (χ1n) is 6.11. The molecule has 0 fully saturated rings. The van der Waals surface area contributed by atoms with E-state index in [1.165, 1.54) is 6.08 Å². The number of hydrogen-bond donors (Lipinski definition) is 1. The van der Waals surface area contributed by atoms with E-state index in [0.29, 0.717) is 12.4 Å². The van der Waals surface area contributed by atoms with Crippen LogP contribution < -0.4 is 0 Å². The highest BCUT2D eigenvalue weighted by Gasteiger charge is 2.18. The molecule has 0 bridgehead atoms. The van der Waals surface area contributed by atoms with E-state index in [0.717, 1.165) is 12.8 Å². The van der Waals surface area contributed by atoms with E-state index in [1.54, 1.807) is 13.0 Å². The number of esters is 1. The maximum atomic E-state index is 11.2. The van der Waals surface area contributed by atoms with Crippen molar-refractivity contribution in [2.45, 2.75) is 26.7 Å². The minimum Gasteiger partial charge on any atom is -0.508 e. The molecule has 2 atom stereocenters. The minimum atomic E-state index is -0.310. The van der Waals surface area contributed by atoms with Crippen molar-refractivity contribution in [3.8, 4) is 0 Å². The highest BCUT2D eigenvalue weighted by Crippen LogP contribution is 2.27. The van der Waals surface area contributed by atoms with Crippen LogP contribution in [0.3, 0.4) is 0 Å². The number of ether oxygens (including phenoxy) is 1. The average molecular weight is 236 g/mol. The second kappa shape index (κ2) is 6.94. The van der Waals surface area contributed by atoms with Crippen LogP contribution in [-0.2, 0) is 9.53 Å².